The predicted molar refractivity (Wildman–Crippen MR) is 97.0 cm³/mol. The van der Waals surface area contributed by atoms with Crippen LogP contribution in [0.15, 0.2) is 48.5 Å². The van der Waals surface area contributed by atoms with Crippen LogP contribution in [0.4, 0.5) is 0 Å². The summed E-state index contributed by atoms with van der Waals surface area (Å²) in [6.45, 7) is 7.39. The second-order valence-electron chi connectivity index (χ2n) is 6.85. The molecule has 0 saturated heterocycles. The molecule has 2 N–H and O–H groups in total. The lowest BCUT2D eigenvalue weighted by Crippen LogP contribution is -3.10. The fourth-order valence-electron chi connectivity index (χ4n) is 3.27. The van der Waals surface area contributed by atoms with E-state index in [4.69, 9.17) is 0 Å². The molecule has 126 valence electrons. The maximum Gasteiger partial charge on any atom is 0.251 e. The van der Waals surface area contributed by atoms with Crippen LogP contribution in [0, 0.1) is 0 Å². The molecule has 1 amide bonds. The quantitative estimate of drug-likeness (QED) is 0.870. The standard InChI is InChI=1S/C21H26N2O/c1-3-16(2)22-21(24)19-10-8-17(9-11-19)14-23-13-12-18-6-4-5-7-20(18)15-23/h4-11,16H,3,12-15H2,1-2H3,(H,22,24)/p+1/t16-/m1/s1. The van der Waals surface area contributed by atoms with Crippen LogP contribution in [0.3, 0.4) is 0 Å². The highest BCUT2D eigenvalue weighted by molar-refractivity contribution is 5.94. The summed E-state index contributed by atoms with van der Waals surface area (Å²) in [5, 5.41) is 3.01. The van der Waals surface area contributed by atoms with E-state index < -0.39 is 0 Å². The number of hydrogen-bond acceptors (Lipinski definition) is 1. The Labute approximate surface area is 144 Å². The van der Waals surface area contributed by atoms with E-state index in [1.54, 1.807) is 4.90 Å². The molecule has 2 aromatic rings. The highest BCUT2D eigenvalue weighted by Crippen LogP contribution is 2.11. The van der Waals surface area contributed by atoms with Crippen LogP contribution in [0.5, 0.6) is 0 Å². The van der Waals surface area contributed by atoms with Gasteiger partial charge in [-0.2, -0.15) is 0 Å². The van der Waals surface area contributed by atoms with Crippen LogP contribution in [0.2, 0.25) is 0 Å². The Bertz CT molecular complexity index is 693. The van der Waals surface area contributed by atoms with Gasteiger partial charge in [-0.1, -0.05) is 43.3 Å². The maximum atomic E-state index is 12.1. The lowest BCUT2D eigenvalue weighted by atomic mass is 9.99. The van der Waals surface area contributed by atoms with E-state index in [0.29, 0.717) is 0 Å². The third kappa shape index (κ3) is 4.04. The Morgan fingerprint density at radius 1 is 1.12 bits per heavy atom. The first kappa shape index (κ1) is 16.7. The van der Waals surface area contributed by atoms with Crippen LogP contribution < -0.4 is 10.2 Å². The van der Waals surface area contributed by atoms with Crippen molar-refractivity contribution in [2.45, 2.75) is 45.8 Å². The van der Waals surface area contributed by atoms with Gasteiger partial charge in [0.15, 0.2) is 0 Å². The zero-order valence-electron chi connectivity index (χ0n) is 14.6. The second-order valence-corrected chi connectivity index (χ2v) is 6.85. The third-order valence-corrected chi connectivity index (χ3v) is 4.97. The van der Waals surface area contributed by atoms with Gasteiger partial charge < -0.3 is 10.2 Å². The molecule has 3 heteroatoms. The first-order chi connectivity index (χ1) is 11.7. The van der Waals surface area contributed by atoms with Gasteiger partial charge in [-0.05, 0) is 31.0 Å². The number of rotatable bonds is 5. The number of amides is 1. The fraction of sp³-hybridized carbons (Fsp3) is 0.381. The number of carbonyl (C=O) groups excluding carboxylic acids is 1. The van der Waals surface area contributed by atoms with Gasteiger partial charge in [-0.3, -0.25) is 4.79 Å². The van der Waals surface area contributed by atoms with Gasteiger partial charge in [0, 0.05) is 29.2 Å². The minimum Gasteiger partial charge on any atom is -0.350 e. The van der Waals surface area contributed by atoms with E-state index in [1.165, 1.54) is 23.2 Å². The van der Waals surface area contributed by atoms with Crippen molar-refractivity contribution in [2.24, 2.45) is 0 Å². The van der Waals surface area contributed by atoms with Gasteiger partial charge in [-0.25, -0.2) is 0 Å². The molecule has 1 heterocycles. The summed E-state index contributed by atoms with van der Waals surface area (Å²) in [6, 6.07) is 17.1. The lowest BCUT2D eigenvalue weighted by molar-refractivity contribution is -0.929. The van der Waals surface area contributed by atoms with Crippen LogP contribution in [-0.2, 0) is 19.5 Å². The zero-order chi connectivity index (χ0) is 16.9. The molecule has 2 aromatic carbocycles. The molecule has 0 aromatic heterocycles. The minimum atomic E-state index is 0.0233. The molecule has 0 aliphatic carbocycles. The van der Waals surface area contributed by atoms with E-state index in [1.807, 2.05) is 19.1 Å². The van der Waals surface area contributed by atoms with Gasteiger partial charge in [0.25, 0.3) is 5.91 Å². The second kappa shape index (κ2) is 7.63. The molecule has 0 spiro atoms. The normalized spacial score (nSPS) is 17.8. The van der Waals surface area contributed by atoms with E-state index in [-0.39, 0.29) is 11.9 Å². The number of carbonyl (C=O) groups is 1. The molecule has 0 fully saturated rings. The fourth-order valence-corrected chi connectivity index (χ4v) is 3.27. The lowest BCUT2D eigenvalue weighted by Gasteiger charge is -2.26. The number of quaternary nitrogens is 1. The Balaban J connectivity index is 1.60. The SMILES string of the molecule is CC[C@@H](C)NC(=O)c1ccc(C[NH+]2CCc3ccccc3C2)cc1. The van der Waals surface area contributed by atoms with Crippen molar-refractivity contribution < 1.29 is 9.69 Å². The predicted octanol–water partition coefficient (Wildman–Crippen LogP) is 2.36. The smallest absolute Gasteiger partial charge is 0.251 e. The third-order valence-electron chi connectivity index (χ3n) is 4.97. The first-order valence-corrected chi connectivity index (χ1v) is 8.96. The van der Waals surface area contributed by atoms with Crippen molar-refractivity contribution in [3.05, 3.63) is 70.8 Å². The van der Waals surface area contributed by atoms with Crippen LogP contribution >= 0.6 is 0 Å². The van der Waals surface area contributed by atoms with Crippen LogP contribution in [0.25, 0.3) is 0 Å². The molecule has 0 saturated carbocycles. The van der Waals surface area contributed by atoms with E-state index in [9.17, 15) is 4.79 Å². The molecular weight excluding hydrogens is 296 g/mol. The Morgan fingerprint density at radius 2 is 1.83 bits per heavy atom. The molecule has 0 bridgehead atoms. The number of fused-ring (bicyclic) bond motifs is 1. The van der Waals surface area contributed by atoms with E-state index in [2.05, 4.69) is 48.6 Å². The van der Waals surface area contributed by atoms with Crippen LogP contribution in [-0.4, -0.2) is 18.5 Å². The van der Waals surface area contributed by atoms with Crippen molar-refractivity contribution in [3.63, 3.8) is 0 Å². The molecule has 3 nitrogen and oxygen atoms in total. The van der Waals surface area contributed by atoms with E-state index >= 15 is 0 Å². The summed E-state index contributed by atoms with van der Waals surface area (Å²) < 4.78 is 0. The van der Waals surface area contributed by atoms with Crippen LogP contribution in [0.1, 0.15) is 47.3 Å². The van der Waals surface area contributed by atoms with Crippen molar-refractivity contribution in [1.82, 2.24) is 5.32 Å². The van der Waals surface area contributed by atoms with Gasteiger partial charge in [0.1, 0.15) is 13.1 Å². The zero-order valence-corrected chi connectivity index (χ0v) is 14.6. The first-order valence-electron chi connectivity index (χ1n) is 8.96. The average molecular weight is 323 g/mol. The van der Waals surface area contributed by atoms with Crippen molar-refractivity contribution in [2.75, 3.05) is 6.54 Å². The summed E-state index contributed by atoms with van der Waals surface area (Å²) in [5.41, 5.74) is 5.02. The van der Waals surface area contributed by atoms with E-state index in [0.717, 1.165) is 31.5 Å². The van der Waals surface area contributed by atoms with Gasteiger partial charge in [-0.15, -0.1) is 0 Å². The summed E-state index contributed by atoms with van der Waals surface area (Å²) in [5.74, 6) is 0.0233. The molecule has 0 radical (unpaired) electrons. The number of hydrogen-bond donors (Lipinski definition) is 2. The molecule has 1 unspecified atom stereocenters. The van der Waals surface area contributed by atoms with Crippen molar-refractivity contribution >= 4 is 5.91 Å². The van der Waals surface area contributed by atoms with Gasteiger partial charge in [0.2, 0.25) is 0 Å². The van der Waals surface area contributed by atoms with Crippen molar-refractivity contribution in [1.29, 1.82) is 0 Å². The Kier molecular flexibility index (Phi) is 5.31. The Hall–Kier alpha value is -2.13. The average Bonchev–Trinajstić information content (AvgIpc) is 2.62. The number of nitrogens with one attached hydrogen (secondary N) is 2. The summed E-state index contributed by atoms with van der Waals surface area (Å²) in [7, 11) is 0. The van der Waals surface area contributed by atoms with Gasteiger partial charge in [0.05, 0.1) is 6.54 Å². The highest BCUT2D eigenvalue weighted by atomic mass is 16.1. The van der Waals surface area contributed by atoms with Crippen molar-refractivity contribution in [3.8, 4) is 0 Å². The monoisotopic (exact) mass is 323 g/mol. The summed E-state index contributed by atoms with van der Waals surface area (Å²) in [4.78, 5) is 13.7. The molecular formula is C21H27N2O+. The maximum absolute atomic E-state index is 12.1. The Morgan fingerprint density at radius 3 is 2.54 bits per heavy atom. The summed E-state index contributed by atoms with van der Waals surface area (Å²) >= 11 is 0. The van der Waals surface area contributed by atoms with Gasteiger partial charge >= 0.3 is 0 Å². The molecule has 2 atom stereocenters. The molecule has 1 aliphatic heterocycles. The summed E-state index contributed by atoms with van der Waals surface area (Å²) in [6.07, 6.45) is 2.10. The molecule has 3 rings (SSSR count). The number of benzene rings is 2. The molecule has 24 heavy (non-hydrogen) atoms. The molecule has 1 aliphatic rings. The minimum absolute atomic E-state index is 0.0233. The highest BCUT2D eigenvalue weighted by Gasteiger charge is 2.19. The topological polar surface area (TPSA) is 33.5 Å². The largest absolute Gasteiger partial charge is 0.350 e.